The molecule has 1 saturated carbocycles. The van der Waals surface area contributed by atoms with Crippen LogP contribution in [0.2, 0.25) is 0 Å². The predicted octanol–water partition coefficient (Wildman–Crippen LogP) is 2.30. The maximum atomic E-state index is 13.0. The summed E-state index contributed by atoms with van der Waals surface area (Å²) in [4.78, 5) is 17.0. The highest BCUT2D eigenvalue weighted by Gasteiger charge is 2.31. The lowest BCUT2D eigenvalue weighted by Crippen LogP contribution is -2.29. The fourth-order valence-corrected chi connectivity index (χ4v) is 1.91. The Balaban J connectivity index is 2.37. The van der Waals surface area contributed by atoms with Crippen LogP contribution in [0.3, 0.4) is 0 Å². The van der Waals surface area contributed by atoms with E-state index in [9.17, 15) is 9.18 Å². The molecule has 4 nitrogen and oxygen atoms in total. The van der Waals surface area contributed by atoms with Crippen LogP contribution in [0.1, 0.15) is 36.5 Å². The molecule has 1 aliphatic carbocycles. The first-order chi connectivity index (χ1) is 8.13. The Morgan fingerprint density at radius 3 is 2.88 bits per heavy atom. The molecule has 1 aromatic rings. The zero-order valence-electron chi connectivity index (χ0n) is 9.69. The van der Waals surface area contributed by atoms with Crippen LogP contribution < -0.4 is 4.90 Å². The van der Waals surface area contributed by atoms with Gasteiger partial charge in [-0.25, -0.2) is 14.2 Å². The van der Waals surface area contributed by atoms with Gasteiger partial charge in [-0.05, 0) is 25.3 Å². The van der Waals surface area contributed by atoms with Gasteiger partial charge in [0.05, 0.1) is 6.20 Å². The molecule has 1 aromatic heterocycles. The Bertz CT molecular complexity index is 433. The highest BCUT2D eigenvalue weighted by Crippen LogP contribution is 2.32. The minimum atomic E-state index is -1.13. The smallest absolute Gasteiger partial charge is 0.339 e. The van der Waals surface area contributed by atoms with Gasteiger partial charge in [-0.1, -0.05) is 6.92 Å². The second kappa shape index (κ2) is 4.69. The van der Waals surface area contributed by atoms with E-state index in [1.54, 1.807) is 0 Å². The number of carboxylic acid groups (broad SMARTS) is 1. The molecule has 1 N–H and O–H groups in total. The summed E-state index contributed by atoms with van der Waals surface area (Å²) in [6.07, 6.45) is 4.09. The number of anilines is 1. The summed E-state index contributed by atoms with van der Waals surface area (Å²) in [5.41, 5.74) is -0.0506. The molecule has 0 spiro atoms. The Labute approximate surface area is 99.1 Å². The molecule has 0 saturated heterocycles. The van der Waals surface area contributed by atoms with Crippen molar-refractivity contribution in [2.45, 2.75) is 32.2 Å². The van der Waals surface area contributed by atoms with Crippen molar-refractivity contribution in [2.75, 3.05) is 11.4 Å². The van der Waals surface area contributed by atoms with Gasteiger partial charge in [-0.2, -0.15) is 0 Å². The third kappa shape index (κ3) is 2.54. The van der Waals surface area contributed by atoms with Crippen molar-refractivity contribution in [1.82, 2.24) is 4.98 Å². The molecule has 5 heteroatoms. The maximum absolute atomic E-state index is 13.0. The van der Waals surface area contributed by atoms with Gasteiger partial charge >= 0.3 is 5.97 Å². The van der Waals surface area contributed by atoms with Crippen LogP contribution in [-0.2, 0) is 0 Å². The number of aromatic nitrogens is 1. The van der Waals surface area contributed by atoms with Crippen molar-refractivity contribution in [3.05, 3.63) is 23.6 Å². The first kappa shape index (κ1) is 11.8. The number of rotatable bonds is 5. The third-order valence-corrected chi connectivity index (χ3v) is 2.79. The molecule has 0 aromatic carbocycles. The number of aromatic carboxylic acids is 1. The topological polar surface area (TPSA) is 53.4 Å². The van der Waals surface area contributed by atoms with Gasteiger partial charge in [0, 0.05) is 12.6 Å². The number of halogens is 1. The Morgan fingerprint density at radius 1 is 1.65 bits per heavy atom. The molecule has 0 bridgehead atoms. The van der Waals surface area contributed by atoms with Crippen molar-refractivity contribution in [2.24, 2.45) is 0 Å². The standard InChI is InChI=1S/C12H15FN2O2/c1-2-5-15(9-3-4-9)11-10(12(16)17)6-8(13)7-14-11/h6-7,9H,2-5H2,1H3,(H,16,17). The summed E-state index contributed by atoms with van der Waals surface area (Å²) in [7, 11) is 0. The molecule has 0 radical (unpaired) electrons. The van der Waals surface area contributed by atoms with E-state index in [0.29, 0.717) is 11.9 Å². The van der Waals surface area contributed by atoms with E-state index in [4.69, 9.17) is 5.11 Å². The zero-order chi connectivity index (χ0) is 12.4. The van der Waals surface area contributed by atoms with E-state index in [1.165, 1.54) is 0 Å². The van der Waals surface area contributed by atoms with E-state index in [2.05, 4.69) is 4.98 Å². The SMILES string of the molecule is CCCN(c1ncc(F)cc1C(=O)O)C1CC1. The van der Waals surface area contributed by atoms with Crippen LogP contribution in [0, 0.1) is 5.82 Å². The van der Waals surface area contributed by atoms with Crippen molar-refractivity contribution in [3.63, 3.8) is 0 Å². The summed E-state index contributed by atoms with van der Waals surface area (Å²) in [6, 6.07) is 1.40. The molecule has 0 aliphatic heterocycles. The van der Waals surface area contributed by atoms with Crippen LogP contribution in [-0.4, -0.2) is 28.6 Å². The molecule has 0 amide bonds. The largest absolute Gasteiger partial charge is 0.478 e. The van der Waals surface area contributed by atoms with Crippen molar-refractivity contribution in [3.8, 4) is 0 Å². The Hall–Kier alpha value is -1.65. The van der Waals surface area contributed by atoms with E-state index in [0.717, 1.165) is 38.1 Å². The first-order valence-corrected chi connectivity index (χ1v) is 5.79. The molecule has 2 rings (SSSR count). The minimum Gasteiger partial charge on any atom is -0.478 e. The molecule has 17 heavy (non-hydrogen) atoms. The lowest BCUT2D eigenvalue weighted by Gasteiger charge is -2.24. The summed E-state index contributed by atoms with van der Waals surface area (Å²) in [5, 5.41) is 9.08. The van der Waals surface area contributed by atoms with Crippen molar-refractivity contribution in [1.29, 1.82) is 0 Å². The molecule has 1 fully saturated rings. The molecule has 0 atom stereocenters. The number of hydrogen-bond acceptors (Lipinski definition) is 3. The normalized spacial score (nSPS) is 14.7. The molecule has 1 heterocycles. The minimum absolute atomic E-state index is 0.0506. The summed E-state index contributed by atoms with van der Waals surface area (Å²) < 4.78 is 13.0. The van der Waals surface area contributed by atoms with E-state index < -0.39 is 11.8 Å². The van der Waals surface area contributed by atoms with Crippen LogP contribution in [0.15, 0.2) is 12.3 Å². The van der Waals surface area contributed by atoms with Gasteiger partial charge in [-0.15, -0.1) is 0 Å². The van der Waals surface area contributed by atoms with E-state index in [-0.39, 0.29) is 5.56 Å². The van der Waals surface area contributed by atoms with E-state index >= 15 is 0 Å². The summed E-state index contributed by atoms with van der Waals surface area (Å²) in [5.74, 6) is -1.35. The van der Waals surface area contributed by atoms with Crippen LogP contribution >= 0.6 is 0 Å². The Kier molecular flexibility index (Phi) is 3.26. The summed E-state index contributed by atoms with van der Waals surface area (Å²) >= 11 is 0. The summed E-state index contributed by atoms with van der Waals surface area (Å²) in [6.45, 7) is 2.78. The second-order valence-electron chi connectivity index (χ2n) is 4.25. The van der Waals surface area contributed by atoms with Crippen molar-refractivity contribution >= 4 is 11.8 Å². The highest BCUT2D eigenvalue weighted by atomic mass is 19.1. The molecule has 0 unspecified atom stereocenters. The van der Waals surface area contributed by atoms with Gasteiger partial charge in [0.1, 0.15) is 17.2 Å². The first-order valence-electron chi connectivity index (χ1n) is 5.79. The molecule has 92 valence electrons. The average Bonchev–Trinajstić information content (AvgIpc) is 3.10. The van der Waals surface area contributed by atoms with Gasteiger partial charge in [0.15, 0.2) is 0 Å². The van der Waals surface area contributed by atoms with Gasteiger partial charge < -0.3 is 10.0 Å². The maximum Gasteiger partial charge on any atom is 0.339 e. The number of pyridine rings is 1. The van der Waals surface area contributed by atoms with Gasteiger partial charge in [0.25, 0.3) is 0 Å². The van der Waals surface area contributed by atoms with Crippen molar-refractivity contribution < 1.29 is 14.3 Å². The number of nitrogens with zero attached hydrogens (tertiary/aromatic N) is 2. The monoisotopic (exact) mass is 238 g/mol. The van der Waals surface area contributed by atoms with Gasteiger partial charge in [0.2, 0.25) is 0 Å². The second-order valence-corrected chi connectivity index (χ2v) is 4.25. The zero-order valence-corrected chi connectivity index (χ0v) is 9.69. The fraction of sp³-hybridized carbons (Fsp3) is 0.500. The molecule has 1 aliphatic rings. The van der Waals surface area contributed by atoms with E-state index in [1.807, 2.05) is 11.8 Å². The van der Waals surface area contributed by atoms with Crippen LogP contribution in [0.4, 0.5) is 10.2 Å². The van der Waals surface area contributed by atoms with Crippen LogP contribution in [0.25, 0.3) is 0 Å². The lowest BCUT2D eigenvalue weighted by atomic mass is 10.2. The predicted molar refractivity (Wildman–Crippen MR) is 61.8 cm³/mol. The number of carbonyl (C=O) groups is 1. The number of hydrogen-bond donors (Lipinski definition) is 1. The lowest BCUT2D eigenvalue weighted by molar-refractivity contribution is 0.0696. The molecular formula is C12H15FN2O2. The third-order valence-electron chi connectivity index (χ3n) is 2.79. The van der Waals surface area contributed by atoms with Gasteiger partial charge in [-0.3, -0.25) is 0 Å². The van der Waals surface area contributed by atoms with Crippen LogP contribution in [0.5, 0.6) is 0 Å². The highest BCUT2D eigenvalue weighted by molar-refractivity contribution is 5.93. The average molecular weight is 238 g/mol. The Morgan fingerprint density at radius 2 is 2.35 bits per heavy atom. The fourth-order valence-electron chi connectivity index (χ4n) is 1.91. The molecular weight excluding hydrogens is 223 g/mol. The quantitative estimate of drug-likeness (QED) is 0.855. The number of carboxylic acids is 1.